The van der Waals surface area contributed by atoms with Crippen LogP contribution in [0.15, 0.2) is 29.6 Å². The molecule has 0 saturated carbocycles. The monoisotopic (exact) mass is 328 g/mol. The molecule has 1 aliphatic rings. The molecule has 0 amide bonds. The van der Waals surface area contributed by atoms with Crippen molar-refractivity contribution in [3.8, 4) is 0 Å². The molecule has 112 valence electrons. The number of hydrogen-bond donors (Lipinski definition) is 1. The average molecular weight is 329 g/mol. The highest BCUT2D eigenvalue weighted by molar-refractivity contribution is 7.10. The molecule has 1 N–H and O–H groups in total. The lowest BCUT2D eigenvalue weighted by molar-refractivity contribution is 0.194. The van der Waals surface area contributed by atoms with Crippen molar-refractivity contribution >= 4 is 22.9 Å². The fourth-order valence-corrected chi connectivity index (χ4v) is 3.72. The third-order valence-corrected chi connectivity index (χ3v) is 4.90. The Hall–Kier alpha value is -1.01. The zero-order chi connectivity index (χ0) is 14.8. The van der Waals surface area contributed by atoms with Crippen LogP contribution in [0, 0.1) is 11.6 Å². The molecule has 0 unspecified atom stereocenters. The van der Waals surface area contributed by atoms with E-state index in [4.69, 9.17) is 11.6 Å². The van der Waals surface area contributed by atoms with Crippen LogP contribution in [-0.2, 0) is 0 Å². The molecule has 1 aliphatic heterocycles. The van der Waals surface area contributed by atoms with Crippen LogP contribution in [0.1, 0.15) is 16.5 Å². The van der Waals surface area contributed by atoms with E-state index in [1.54, 1.807) is 0 Å². The van der Waals surface area contributed by atoms with E-state index in [0.29, 0.717) is 0 Å². The topological polar surface area (TPSA) is 15.3 Å². The number of thiophene rings is 1. The second-order valence-electron chi connectivity index (χ2n) is 4.96. The van der Waals surface area contributed by atoms with E-state index in [9.17, 15) is 8.78 Å². The van der Waals surface area contributed by atoms with Crippen molar-refractivity contribution in [1.82, 2.24) is 10.2 Å². The molecular weight excluding hydrogens is 314 g/mol. The molecule has 1 saturated heterocycles. The Balaban J connectivity index is 2.09. The van der Waals surface area contributed by atoms with Gasteiger partial charge in [-0.1, -0.05) is 17.7 Å². The average Bonchev–Trinajstić information content (AvgIpc) is 3.02. The number of piperazine rings is 1. The molecule has 1 fully saturated rings. The second-order valence-corrected chi connectivity index (χ2v) is 6.35. The van der Waals surface area contributed by atoms with Gasteiger partial charge in [0.1, 0.15) is 11.6 Å². The maximum absolute atomic E-state index is 14.4. The first-order valence-electron chi connectivity index (χ1n) is 6.80. The van der Waals surface area contributed by atoms with Gasteiger partial charge in [0.2, 0.25) is 0 Å². The van der Waals surface area contributed by atoms with Gasteiger partial charge in [0.15, 0.2) is 0 Å². The molecule has 2 heterocycles. The van der Waals surface area contributed by atoms with Crippen molar-refractivity contribution in [1.29, 1.82) is 0 Å². The molecule has 0 bridgehead atoms. The molecule has 1 aromatic heterocycles. The van der Waals surface area contributed by atoms with Crippen molar-refractivity contribution in [2.75, 3.05) is 26.2 Å². The molecule has 1 atom stereocenters. The van der Waals surface area contributed by atoms with Crippen molar-refractivity contribution in [3.05, 3.63) is 56.7 Å². The van der Waals surface area contributed by atoms with Gasteiger partial charge in [0, 0.05) is 36.6 Å². The minimum absolute atomic E-state index is 0.0388. The number of hydrogen-bond acceptors (Lipinski definition) is 3. The zero-order valence-electron chi connectivity index (χ0n) is 11.3. The predicted molar refractivity (Wildman–Crippen MR) is 82.0 cm³/mol. The highest BCUT2D eigenvalue weighted by atomic mass is 35.5. The molecule has 0 aliphatic carbocycles. The van der Waals surface area contributed by atoms with Gasteiger partial charge in [-0.25, -0.2) is 8.78 Å². The van der Waals surface area contributed by atoms with E-state index in [1.807, 2.05) is 17.5 Å². The minimum Gasteiger partial charge on any atom is -0.314 e. The molecule has 0 radical (unpaired) electrons. The standard InChI is InChI=1S/C15H15ClF2N2S/c16-10-3-4-11(17)13(14(10)18)15(12-2-1-9-21-12)20-7-5-19-6-8-20/h1-4,9,15,19H,5-8H2/t15-/m0/s1. The minimum atomic E-state index is -0.659. The Bertz CT molecular complexity index is 612. The summed E-state index contributed by atoms with van der Waals surface area (Å²) in [5, 5.41) is 5.14. The van der Waals surface area contributed by atoms with Gasteiger partial charge < -0.3 is 5.32 Å². The van der Waals surface area contributed by atoms with Gasteiger partial charge in [-0.3, -0.25) is 4.90 Å². The van der Waals surface area contributed by atoms with E-state index in [2.05, 4.69) is 10.2 Å². The van der Waals surface area contributed by atoms with Crippen LogP contribution in [-0.4, -0.2) is 31.1 Å². The van der Waals surface area contributed by atoms with Crippen molar-refractivity contribution in [2.24, 2.45) is 0 Å². The second kappa shape index (κ2) is 6.40. The lowest BCUT2D eigenvalue weighted by atomic mass is 10.0. The quantitative estimate of drug-likeness (QED) is 0.865. The molecule has 1 aromatic carbocycles. The summed E-state index contributed by atoms with van der Waals surface area (Å²) < 4.78 is 28.7. The third kappa shape index (κ3) is 2.97. The zero-order valence-corrected chi connectivity index (χ0v) is 12.9. The molecule has 2 aromatic rings. The van der Waals surface area contributed by atoms with Crippen molar-refractivity contribution in [2.45, 2.75) is 6.04 Å². The summed E-state index contributed by atoms with van der Waals surface area (Å²) >= 11 is 7.37. The first-order chi connectivity index (χ1) is 10.2. The number of benzene rings is 1. The third-order valence-electron chi connectivity index (χ3n) is 3.68. The summed E-state index contributed by atoms with van der Waals surface area (Å²) in [4.78, 5) is 3.03. The molecule has 3 rings (SSSR count). The molecule has 0 spiro atoms. The summed E-state index contributed by atoms with van der Waals surface area (Å²) in [6.45, 7) is 3.11. The Kier molecular flexibility index (Phi) is 4.54. The highest BCUT2D eigenvalue weighted by Crippen LogP contribution is 2.36. The maximum Gasteiger partial charge on any atom is 0.149 e. The summed E-state index contributed by atoms with van der Waals surface area (Å²) in [5.74, 6) is -1.21. The van der Waals surface area contributed by atoms with Crippen LogP contribution in [0.2, 0.25) is 5.02 Å². The van der Waals surface area contributed by atoms with Crippen LogP contribution >= 0.6 is 22.9 Å². The lowest BCUT2D eigenvalue weighted by Crippen LogP contribution is -2.45. The first kappa shape index (κ1) is 14.9. The Labute approximate surface area is 131 Å². The Morgan fingerprint density at radius 1 is 1.19 bits per heavy atom. The van der Waals surface area contributed by atoms with E-state index >= 15 is 0 Å². The summed E-state index contributed by atoms with van der Waals surface area (Å²) in [5.41, 5.74) is 0.0480. The Morgan fingerprint density at radius 2 is 1.95 bits per heavy atom. The van der Waals surface area contributed by atoms with Crippen molar-refractivity contribution in [3.63, 3.8) is 0 Å². The fourth-order valence-electron chi connectivity index (χ4n) is 2.69. The fraction of sp³-hybridized carbons (Fsp3) is 0.333. The molecule has 21 heavy (non-hydrogen) atoms. The van der Waals surface area contributed by atoms with Crippen LogP contribution in [0.5, 0.6) is 0 Å². The van der Waals surface area contributed by atoms with Crippen molar-refractivity contribution < 1.29 is 8.78 Å². The lowest BCUT2D eigenvalue weighted by Gasteiger charge is -2.35. The van der Waals surface area contributed by atoms with Gasteiger partial charge in [-0.05, 0) is 23.6 Å². The molecule has 2 nitrogen and oxygen atoms in total. The molecular formula is C15H15ClF2N2S. The first-order valence-corrected chi connectivity index (χ1v) is 8.06. The smallest absolute Gasteiger partial charge is 0.149 e. The van der Waals surface area contributed by atoms with Crippen LogP contribution in [0.4, 0.5) is 8.78 Å². The van der Waals surface area contributed by atoms with Gasteiger partial charge in [-0.15, -0.1) is 11.3 Å². The van der Waals surface area contributed by atoms with Gasteiger partial charge >= 0.3 is 0 Å². The molecule has 6 heteroatoms. The normalized spacial score (nSPS) is 17.9. The van der Waals surface area contributed by atoms with E-state index in [1.165, 1.54) is 23.5 Å². The predicted octanol–water partition coefficient (Wildman–Crippen LogP) is 3.67. The van der Waals surface area contributed by atoms with E-state index in [0.717, 1.165) is 31.1 Å². The van der Waals surface area contributed by atoms with Gasteiger partial charge in [-0.2, -0.15) is 0 Å². The summed E-state index contributed by atoms with van der Waals surface area (Å²) in [7, 11) is 0. The SMILES string of the molecule is Fc1ccc(Cl)c(F)c1[C@H](c1cccs1)N1CCNCC1. The summed E-state index contributed by atoms with van der Waals surface area (Å²) in [6, 6.07) is 5.89. The van der Waals surface area contributed by atoms with Crippen LogP contribution in [0.3, 0.4) is 0 Å². The maximum atomic E-state index is 14.4. The van der Waals surface area contributed by atoms with E-state index < -0.39 is 17.7 Å². The number of halogens is 3. The largest absolute Gasteiger partial charge is 0.314 e. The summed E-state index contributed by atoms with van der Waals surface area (Å²) in [6.07, 6.45) is 0. The van der Waals surface area contributed by atoms with Crippen LogP contribution in [0.25, 0.3) is 0 Å². The number of nitrogens with zero attached hydrogens (tertiary/aromatic N) is 1. The highest BCUT2D eigenvalue weighted by Gasteiger charge is 2.30. The number of nitrogens with one attached hydrogen (secondary N) is 1. The van der Waals surface area contributed by atoms with Crippen LogP contribution < -0.4 is 5.32 Å². The Morgan fingerprint density at radius 3 is 2.62 bits per heavy atom. The number of rotatable bonds is 3. The van der Waals surface area contributed by atoms with Gasteiger partial charge in [0.25, 0.3) is 0 Å². The van der Waals surface area contributed by atoms with Gasteiger partial charge in [0.05, 0.1) is 11.1 Å². The van der Waals surface area contributed by atoms with E-state index in [-0.39, 0.29) is 10.6 Å².